The fourth-order valence-electron chi connectivity index (χ4n) is 3.08. The Hall–Kier alpha value is -1.39. The van der Waals surface area contributed by atoms with E-state index in [2.05, 4.69) is 24.4 Å². The molecule has 2 fully saturated rings. The van der Waals surface area contributed by atoms with Gasteiger partial charge in [-0.05, 0) is 18.3 Å². The van der Waals surface area contributed by atoms with E-state index < -0.39 is 0 Å². The van der Waals surface area contributed by atoms with Crippen molar-refractivity contribution in [2.24, 2.45) is 27.6 Å². The Bertz CT molecular complexity index is 399. The molecule has 0 aromatic carbocycles. The Morgan fingerprint density at radius 1 is 1.56 bits per heavy atom. The van der Waals surface area contributed by atoms with Crippen LogP contribution in [0.5, 0.6) is 0 Å². The topological polar surface area (TPSA) is 91.3 Å². The van der Waals surface area contributed by atoms with Crippen LogP contribution in [0.15, 0.2) is 5.10 Å². The summed E-state index contributed by atoms with van der Waals surface area (Å²) in [6.45, 7) is 6.27. The number of hydrazone groups is 1. The Balaban J connectivity index is 2.37. The number of hydrogen-bond donors (Lipinski definition) is 3. The number of hydrogen-bond acceptors (Lipinski definition) is 3. The van der Waals surface area contributed by atoms with Gasteiger partial charge >= 0.3 is 0 Å². The van der Waals surface area contributed by atoms with Crippen molar-refractivity contribution >= 4 is 17.5 Å². The fraction of sp³-hybridized carbons (Fsp3) is 0.727. The van der Waals surface area contributed by atoms with Gasteiger partial charge in [0.1, 0.15) is 5.71 Å². The minimum atomic E-state index is -0.297. The molecule has 0 amide bonds. The highest BCUT2D eigenvalue weighted by molar-refractivity contribution is 6.45. The maximum absolute atomic E-state index is 12.2. The molecule has 2 atom stereocenters. The molecule has 5 nitrogen and oxygen atoms in total. The fourth-order valence-corrected chi connectivity index (χ4v) is 3.08. The van der Waals surface area contributed by atoms with Crippen molar-refractivity contribution in [1.29, 1.82) is 5.41 Å². The number of nitrogens with two attached hydrogens (primary N) is 1. The van der Waals surface area contributed by atoms with Crippen LogP contribution in [0.2, 0.25) is 0 Å². The zero-order valence-corrected chi connectivity index (χ0v) is 9.92. The maximum Gasteiger partial charge on any atom is 0.206 e. The van der Waals surface area contributed by atoms with Crippen molar-refractivity contribution < 1.29 is 4.79 Å². The average molecular weight is 222 g/mol. The lowest BCUT2D eigenvalue weighted by molar-refractivity contribution is -0.123. The predicted octanol–water partition coefficient (Wildman–Crippen LogP) is 0.851. The number of fused-ring (bicyclic) bond motifs is 2. The molecule has 2 unspecified atom stereocenters. The summed E-state index contributed by atoms with van der Waals surface area (Å²) in [4.78, 5) is 12.2. The molecule has 0 radical (unpaired) electrons. The first kappa shape index (κ1) is 11.1. The number of Topliss-reactive ketones (excluding diaryl/α,β-unsaturated/α-hetero) is 1. The van der Waals surface area contributed by atoms with Gasteiger partial charge in [0.2, 0.25) is 5.96 Å². The summed E-state index contributed by atoms with van der Waals surface area (Å²) in [6, 6.07) is 0. The Morgan fingerprint density at radius 2 is 2.19 bits per heavy atom. The van der Waals surface area contributed by atoms with Gasteiger partial charge in [-0.25, -0.2) is 5.43 Å². The molecule has 5 heteroatoms. The van der Waals surface area contributed by atoms with Gasteiger partial charge in [0.25, 0.3) is 0 Å². The monoisotopic (exact) mass is 222 g/mol. The summed E-state index contributed by atoms with van der Waals surface area (Å²) in [5, 5.41) is 11.0. The molecular formula is C11H18N4O. The second-order valence-corrected chi connectivity index (χ2v) is 5.50. The van der Waals surface area contributed by atoms with Crippen molar-refractivity contribution in [2.75, 3.05) is 0 Å². The zero-order chi connectivity index (χ0) is 12.1. The van der Waals surface area contributed by atoms with Gasteiger partial charge in [0, 0.05) is 11.3 Å². The number of rotatable bonds is 1. The van der Waals surface area contributed by atoms with Crippen LogP contribution in [-0.2, 0) is 4.79 Å². The van der Waals surface area contributed by atoms with E-state index in [1.165, 1.54) is 0 Å². The van der Waals surface area contributed by atoms with E-state index in [1.807, 2.05) is 6.92 Å². The maximum atomic E-state index is 12.2. The van der Waals surface area contributed by atoms with Gasteiger partial charge < -0.3 is 5.73 Å². The minimum absolute atomic E-state index is 0.0403. The summed E-state index contributed by atoms with van der Waals surface area (Å²) in [6.07, 6.45) is 1.93. The van der Waals surface area contributed by atoms with E-state index in [9.17, 15) is 4.79 Å². The summed E-state index contributed by atoms with van der Waals surface area (Å²) in [5.41, 5.74) is 7.78. The number of nitrogens with one attached hydrogen (secondary N) is 2. The highest BCUT2D eigenvalue weighted by Gasteiger charge is 2.65. The van der Waals surface area contributed by atoms with E-state index in [1.54, 1.807) is 0 Å². The van der Waals surface area contributed by atoms with Crippen LogP contribution in [0.1, 0.15) is 33.6 Å². The standard InChI is InChI=1S/C11H18N4O/c1-10(2)6-4-5-11(10,3)8(16)7(6)14-15-9(12)13/h6H,4-5H2,1-3H3,(H4,12,13,15). The van der Waals surface area contributed by atoms with Gasteiger partial charge in [-0.2, -0.15) is 5.10 Å². The van der Waals surface area contributed by atoms with Crippen LogP contribution < -0.4 is 11.2 Å². The molecule has 2 aliphatic carbocycles. The molecule has 0 saturated heterocycles. The Labute approximate surface area is 95.0 Å². The number of carbonyl (C=O) groups is 1. The molecule has 0 aromatic heterocycles. The predicted molar refractivity (Wildman–Crippen MR) is 62.1 cm³/mol. The van der Waals surface area contributed by atoms with Crippen molar-refractivity contribution in [1.82, 2.24) is 5.43 Å². The molecule has 16 heavy (non-hydrogen) atoms. The number of carbonyl (C=O) groups excluding carboxylic acids is 1. The summed E-state index contributed by atoms with van der Waals surface area (Å²) in [5.74, 6) is 0.0744. The molecule has 0 aliphatic heterocycles. The molecule has 0 spiro atoms. The summed E-state index contributed by atoms with van der Waals surface area (Å²) >= 11 is 0. The average Bonchev–Trinajstić information content (AvgIpc) is 2.47. The molecular weight excluding hydrogens is 204 g/mol. The first-order chi connectivity index (χ1) is 7.30. The lowest BCUT2D eigenvalue weighted by Crippen LogP contribution is -2.34. The van der Waals surface area contributed by atoms with Crippen LogP contribution >= 0.6 is 0 Å². The van der Waals surface area contributed by atoms with Crippen LogP contribution in [0.3, 0.4) is 0 Å². The number of ketones is 1. The molecule has 2 rings (SSSR count). The SMILES string of the molecule is CC12CCC(C(=NNC(=N)N)C1=O)C2(C)C. The van der Waals surface area contributed by atoms with Crippen LogP contribution in [0, 0.1) is 22.2 Å². The molecule has 88 valence electrons. The molecule has 0 aromatic rings. The molecule has 4 N–H and O–H groups in total. The largest absolute Gasteiger partial charge is 0.369 e. The van der Waals surface area contributed by atoms with Gasteiger partial charge in [0.05, 0.1) is 0 Å². The number of guanidine groups is 1. The van der Waals surface area contributed by atoms with Gasteiger partial charge in [0.15, 0.2) is 5.78 Å². The zero-order valence-electron chi connectivity index (χ0n) is 9.92. The highest BCUT2D eigenvalue weighted by Crippen LogP contribution is 2.62. The molecule has 2 aliphatic rings. The molecule has 2 saturated carbocycles. The van der Waals surface area contributed by atoms with Gasteiger partial charge in [-0.1, -0.05) is 20.8 Å². The summed E-state index contributed by atoms with van der Waals surface area (Å²) < 4.78 is 0. The van der Waals surface area contributed by atoms with E-state index in [0.717, 1.165) is 12.8 Å². The first-order valence-corrected chi connectivity index (χ1v) is 5.53. The van der Waals surface area contributed by atoms with E-state index in [4.69, 9.17) is 11.1 Å². The summed E-state index contributed by atoms with van der Waals surface area (Å²) in [7, 11) is 0. The first-order valence-electron chi connectivity index (χ1n) is 5.53. The van der Waals surface area contributed by atoms with Gasteiger partial charge in [-0.3, -0.25) is 10.2 Å². The third kappa shape index (κ3) is 1.14. The minimum Gasteiger partial charge on any atom is -0.369 e. The quantitative estimate of drug-likeness (QED) is 0.349. The number of nitrogens with zero attached hydrogens (tertiary/aromatic N) is 1. The van der Waals surface area contributed by atoms with Crippen molar-refractivity contribution in [3.63, 3.8) is 0 Å². The second-order valence-electron chi connectivity index (χ2n) is 5.50. The van der Waals surface area contributed by atoms with E-state index >= 15 is 0 Å². The van der Waals surface area contributed by atoms with Crippen molar-refractivity contribution in [2.45, 2.75) is 33.6 Å². The molecule has 2 bridgehead atoms. The third-order valence-corrected chi connectivity index (χ3v) is 4.59. The Kier molecular flexibility index (Phi) is 2.12. The highest BCUT2D eigenvalue weighted by atomic mass is 16.1. The lowest BCUT2D eigenvalue weighted by atomic mass is 9.70. The molecule has 0 heterocycles. The normalized spacial score (nSPS) is 38.1. The van der Waals surface area contributed by atoms with Gasteiger partial charge in [-0.15, -0.1) is 0 Å². The van der Waals surface area contributed by atoms with E-state index in [0.29, 0.717) is 5.71 Å². The Morgan fingerprint density at radius 3 is 2.62 bits per heavy atom. The van der Waals surface area contributed by atoms with Crippen LogP contribution in [-0.4, -0.2) is 17.5 Å². The van der Waals surface area contributed by atoms with E-state index in [-0.39, 0.29) is 28.5 Å². The van der Waals surface area contributed by atoms with Crippen molar-refractivity contribution in [3.8, 4) is 0 Å². The smallest absolute Gasteiger partial charge is 0.206 e. The third-order valence-electron chi connectivity index (χ3n) is 4.59. The lowest BCUT2D eigenvalue weighted by Gasteiger charge is -2.31. The van der Waals surface area contributed by atoms with Crippen LogP contribution in [0.4, 0.5) is 0 Å². The van der Waals surface area contributed by atoms with Crippen LogP contribution in [0.25, 0.3) is 0 Å². The second kappa shape index (κ2) is 3.06. The van der Waals surface area contributed by atoms with Crippen molar-refractivity contribution in [3.05, 3.63) is 0 Å².